The molecule has 4 amide bonds. The highest BCUT2D eigenvalue weighted by atomic mass is 16.6. The average Bonchev–Trinajstić information content (AvgIpc) is 3.01. The van der Waals surface area contributed by atoms with Gasteiger partial charge in [0.25, 0.3) is 0 Å². The molecule has 0 heterocycles. The van der Waals surface area contributed by atoms with E-state index in [1.54, 1.807) is 20.8 Å². The lowest BCUT2D eigenvalue weighted by atomic mass is 9.96. The van der Waals surface area contributed by atoms with Gasteiger partial charge in [-0.25, -0.2) is 4.79 Å². The molecule has 5 unspecified atom stereocenters. The highest BCUT2D eigenvalue weighted by Crippen LogP contribution is 2.20. The van der Waals surface area contributed by atoms with Crippen LogP contribution in [0.2, 0.25) is 0 Å². The lowest BCUT2D eigenvalue weighted by Crippen LogP contribution is -2.50. The maximum absolute atomic E-state index is 13.7. The predicted octanol–water partition coefficient (Wildman–Crippen LogP) is 4.34. The van der Waals surface area contributed by atoms with Crippen molar-refractivity contribution < 1.29 is 34.1 Å². The van der Waals surface area contributed by atoms with Crippen LogP contribution in [0.15, 0.2) is 72.8 Å². The summed E-state index contributed by atoms with van der Waals surface area (Å²) in [5, 5.41) is 32.3. The van der Waals surface area contributed by atoms with Crippen molar-refractivity contribution in [3.8, 4) is 0 Å². The largest absolute Gasteiger partial charge is 0.444 e. The Morgan fingerprint density at radius 3 is 1.98 bits per heavy atom. The van der Waals surface area contributed by atoms with Crippen LogP contribution in [0.25, 0.3) is 0 Å². The molecule has 0 aliphatic heterocycles. The molecule has 0 fully saturated rings. The first-order valence-electron chi connectivity index (χ1n) is 17.0. The number of hydrogen-bond donors (Lipinski definition) is 6. The normalized spacial score (nSPS) is 14.8. The number of amides is 4. The Bertz CT molecular complexity index is 1340. The van der Waals surface area contributed by atoms with Crippen molar-refractivity contribution in [2.45, 2.75) is 110 Å². The number of nitrogens with one attached hydrogen (secondary N) is 4. The van der Waals surface area contributed by atoms with Gasteiger partial charge in [-0.15, -0.1) is 0 Å². The fourth-order valence-corrected chi connectivity index (χ4v) is 5.17. The molecule has 0 aliphatic rings. The topological polar surface area (TPSA) is 166 Å². The fourth-order valence-electron chi connectivity index (χ4n) is 5.17. The monoisotopic (exact) mass is 680 g/mol. The molecule has 0 saturated carbocycles. The number of benzene rings is 2. The van der Waals surface area contributed by atoms with Crippen molar-refractivity contribution in [1.82, 2.24) is 21.3 Å². The molecule has 11 nitrogen and oxygen atoms in total. The van der Waals surface area contributed by atoms with Crippen molar-refractivity contribution >= 4 is 23.8 Å². The minimum Gasteiger partial charge on any atom is -0.444 e. The van der Waals surface area contributed by atoms with Gasteiger partial charge in [0.1, 0.15) is 11.6 Å². The van der Waals surface area contributed by atoms with Gasteiger partial charge in [0.15, 0.2) is 0 Å². The van der Waals surface area contributed by atoms with Crippen molar-refractivity contribution in [2.75, 3.05) is 6.54 Å². The molecule has 49 heavy (non-hydrogen) atoms. The van der Waals surface area contributed by atoms with Crippen LogP contribution in [-0.4, -0.2) is 70.5 Å². The Morgan fingerprint density at radius 1 is 0.816 bits per heavy atom. The Morgan fingerprint density at radius 2 is 1.41 bits per heavy atom. The van der Waals surface area contributed by atoms with E-state index in [-0.39, 0.29) is 36.8 Å². The summed E-state index contributed by atoms with van der Waals surface area (Å²) in [6.07, 6.45) is 0.244. The van der Waals surface area contributed by atoms with Crippen LogP contribution in [0.1, 0.15) is 84.9 Å². The van der Waals surface area contributed by atoms with E-state index in [9.17, 15) is 29.4 Å². The van der Waals surface area contributed by atoms with Gasteiger partial charge in [-0.2, -0.15) is 0 Å². The molecule has 5 atom stereocenters. The van der Waals surface area contributed by atoms with Crippen LogP contribution >= 0.6 is 0 Å². The smallest absolute Gasteiger partial charge is 0.407 e. The SMILES string of the molecule is CC(C)CC(NC(=O)CC(O)C(CC(C)C)NC(=O)C=CC(O)CNC(=O)OC(C)(C)C)C(=O)NC(Cc1ccccc1)c1ccccc1. The quantitative estimate of drug-likeness (QED) is 0.128. The number of carbonyl (C=O) groups is 4. The summed E-state index contributed by atoms with van der Waals surface area (Å²) < 4.78 is 5.13. The van der Waals surface area contributed by atoms with E-state index in [4.69, 9.17) is 4.74 Å². The number of carbonyl (C=O) groups excluding carboxylic acids is 4. The van der Waals surface area contributed by atoms with Crippen LogP contribution < -0.4 is 21.3 Å². The number of ether oxygens (including phenoxy) is 1. The lowest BCUT2D eigenvalue weighted by Gasteiger charge is -2.27. The van der Waals surface area contributed by atoms with E-state index in [0.29, 0.717) is 19.3 Å². The second-order valence-electron chi connectivity index (χ2n) is 14.2. The lowest BCUT2D eigenvalue weighted by molar-refractivity contribution is -0.131. The first-order chi connectivity index (χ1) is 23.0. The van der Waals surface area contributed by atoms with Gasteiger partial charge in [-0.1, -0.05) is 88.4 Å². The number of aliphatic hydroxyl groups is 2. The van der Waals surface area contributed by atoms with E-state index < -0.39 is 47.8 Å². The zero-order valence-corrected chi connectivity index (χ0v) is 29.9. The molecule has 2 rings (SSSR count). The van der Waals surface area contributed by atoms with Crippen LogP contribution in [0.5, 0.6) is 0 Å². The molecular formula is C38H56N4O7. The molecular weight excluding hydrogens is 624 g/mol. The fraction of sp³-hybridized carbons (Fsp3) is 0.526. The number of alkyl carbamates (subject to hydrolysis) is 1. The van der Waals surface area contributed by atoms with Gasteiger partial charge < -0.3 is 36.2 Å². The predicted molar refractivity (Wildman–Crippen MR) is 190 cm³/mol. The number of hydrogen-bond acceptors (Lipinski definition) is 7. The van der Waals surface area contributed by atoms with E-state index in [1.807, 2.05) is 88.4 Å². The van der Waals surface area contributed by atoms with Gasteiger partial charge >= 0.3 is 6.09 Å². The highest BCUT2D eigenvalue weighted by Gasteiger charge is 2.29. The number of rotatable bonds is 18. The van der Waals surface area contributed by atoms with Gasteiger partial charge in [0.05, 0.1) is 37.3 Å². The Hall–Kier alpha value is -4.22. The molecule has 0 aromatic heterocycles. The van der Waals surface area contributed by atoms with Gasteiger partial charge in [-0.05, 0) is 69.1 Å². The van der Waals surface area contributed by atoms with Crippen molar-refractivity contribution in [3.63, 3.8) is 0 Å². The molecule has 2 aromatic rings. The summed E-state index contributed by atoms with van der Waals surface area (Å²) in [7, 11) is 0. The molecule has 0 bridgehead atoms. The summed E-state index contributed by atoms with van der Waals surface area (Å²) >= 11 is 0. The standard InChI is InChI=1S/C38H56N4O7/c1-25(2)20-31(40-34(45)19-18-29(43)24-39-37(48)49-38(5,6)7)33(44)23-35(46)41-32(21-26(3)4)36(47)42-30(28-16-12-9-13-17-28)22-27-14-10-8-11-15-27/h8-19,25-26,29-33,43-44H,20-24H2,1-7H3,(H,39,48)(H,40,45)(H,41,46)(H,42,47). The Labute approximate surface area is 291 Å². The van der Waals surface area contributed by atoms with Gasteiger partial charge in [0, 0.05) is 6.08 Å². The third kappa shape index (κ3) is 17.1. The maximum atomic E-state index is 13.7. The highest BCUT2D eigenvalue weighted by molar-refractivity contribution is 5.89. The summed E-state index contributed by atoms with van der Waals surface area (Å²) in [6, 6.07) is 17.6. The molecule has 11 heteroatoms. The zero-order chi connectivity index (χ0) is 36.6. The van der Waals surface area contributed by atoms with Gasteiger partial charge in [0.2, 0.25) is 17.7 Å². The molecule has 2 aromatic carbocycles. The van der Waals surface area contributed by atoms with Crippen LogP contribution in [-0.2, 0) is 25.5 Å². The number of aliphatic hydroxyl groups excluding tert-OH is 2. The van der Waals surface area contributed by atoms with E-state index in [1.165, 1.54) is 6.08 Å². The summed E-state index contributed by atoms with van der Waals surface area (Å²) in [5.74, 6) is -1.24. The van der Waals surface area contributed by atoms with E-state index in [2.05, 4.69) is 21.3 Å². The minimum atomic E-state index is -1.24. The molecule has 270 valence electrons. The summed E-state index contributed by atoms with van der Waals surface area (Å²) in [4.78, 5) is 51.4. The van der Waals surface area contributed by atoms with Crippen molar-refractivity contribution in [1.29, 1.82) is 0 Å². The maximum Gasteiger partial charge on any atom is 0.407 e. The summed E-state index contributed by atoms with van der Waals surface area (Å²) in [5.41, 5.74) is 1.31. The first kappa shape index (κ1) is 41.0. The Balaban J connectivity index is 2.05. The van der Waals surface area contributed by atoms with E-state index in [0.717, 1.165) is 17.2 Å². The first-order valence-corrected chi connectivity index (χ1v) is 17.0. The third-order valence-electron chi connectivity index (χ3n) is 7.40. The second kappa shape index (κ2) is 20.3. The Kier molecular flexibility index (Phi) is 17.0. The van der Waals surface area contributed by atoms with Crippen LogP contribution in [0, 0.1) is 11.8 Å². The van der Waals surface area contributed by atoms with Crippen LogP contribution in [0.4, 0.5) is 4.79 Å². The third-order valence-corrected chi connectivity index (χ3v) is 7.40. The molecule has 0 radical (unpaired) electrons. The zero-order valence-electron chi connectivity index (χ0n) is 29.9. The molecule has 6 N–H and O–H groups in total. The van der Waals surface area contributed by atoms with Crippen LogP contribution in [0.3, 0.4) is 0 Å². The second-order valence-corrected chi connectivity index (χ2v) is 14.2. The molecule has 0 aliphatic carbocycles. The minimum absolute atomic E-state index is 0.0783. The molecule has 0 spiro atoms. The van der Waals surface area contributed by atoms with E-state index >= 15 is 0 Å². The van der Waals surface area contributed by atoms with Crippen molar-refractivity contribution in [3.05, 3.63) is 83.9 Å². The molecule has 0 saturated heterocycles. The summed E-state index contributed by atoms with van der Waals surface area (Å²) in [6.45, 7) is 12.8. The average molecular weight is 681 g/mol. The van der Waals surface area contributed by atoms with Crippen molar-refractivity contribution in [2.24, 2.45) is 11.8 Å². The van der Waals surface area contributed by atoms with Gasteiger partial charge in [-0.3, -0.25) is 14.4 Å².